The van der Waals surface area contributed by atoms with Gasteiger partial charge in [-0.25, -0.2) is 0 Å². The number of nitrogens with one attached hydrogen (secondary N) is 1. The summed E-state index contributed by atoms with van der Waals surface area (Å²) in [5, 5.41) is 7.13. The second-order valence-corrected chi connectivity index (χ2v) is 5.30. The van der Waals surface area contributed by atoms with Gasteiger partial charge in [-0.05, 0) is 41.1 Å². The fourth-order valence-electron chi connectivity index (χ4n) is 1.90. The molecule has 0 spiro atoms. The summed E-state index contributed by atoms with van der Waals surface area (Å²) < 4.78 is 7.60. The molecule has 0 aliphatic heterocycles. The molecular formula is C14H16BrN3O2. The second-order valence-electron chi connectivity index (χ2n) is 4.44. The van der Waals surface area contributed by atoms with Crippen LogP contribution in [0.4, 0.5) is 0 Å². The van der Waals surface area contributed by atoms with E-state index < -0.39 is 0 Å². The zero-order valence-electron chi connectivity index (χ0n) is 11.6. The van der Waals surface area contributed by atoms with Crippen molar-refractivity contribution in [3.63, 3.8) is 0 Å². The highest BCUT2D eigenvalue weighted by molar-refractivity contribution is 9.10. The molecule has 0 unspecified atom stereocenters. The molecule has 1 amide bonds. The van der Waals surface area contributed by atoms with Crippen molar-refractivity contribution in [2.45, 2.75) is 13.5 Å². The van der Waals surface area contributed by atoms with Gasteiger partial charge in [0.2, 0.25) is 0 Å². The monoisotopic (exact) mass is 337 g/mol. The summed E-state index contributed by atoms with van der Waals surface area (Å²) >= 11 is 3.37. The Bertz CT molecular complexity index is 637. The van der Waals surface area contributed by atoms with Gasteiger partial charge < -0.3 is 10.1 Å². The van der Waals surface area contributed by atoms with Crippen molar-refractivity contribution in [3.05, 3.63) is 45.7 Å². The smallest absolute Gasteiger partial charge is 0.252 e. The number of methoxy groups -OCH3 is 1. The molecule has 5 nitrogen and oxygen atoms in total. The van der Waals surface area contributed by atoms with E-state index in [9.17, 15) is 4.79 Å². The predicted octanol–water partition coefficient (Wildman–Crippen LogP) is 2.43. The summed E-state index contributed by atoms with van der Waals surface area (Å²) in [4.78, 5) is 12.2. The van der Waals surface area contributed by atoms with E-state index in [4.69, 9.17) is 4.74 Å². The lowest BCUT2D eigenvalue weighted by Crippen LogP contribution is -2.23. The topological polar surface area (TPSA) is 56.1 Å². The lowest BCUT2D eigenvalue weighted by Gasteiger charge is -2.08. The van der Waals surface area contributed by atoms with Gasteiger partial charge in [0.05, 0.1) is 18.4 Å². The largest absolute Gasteiger partial charge is 0.497 e. The first-order chi connectivity index (χ1) is 9.51. The van der Waals surface area contributed by atoms with Crippen LogP contribution in [0.25, 0.3) is 0 Å². The molecule has 1 aromatic heterocycles. The number of halogens is 1. The van der Waals surface area contributed by atoms with Crippen LogP contribution >= 0.6 is 15.9 Å². The van der Waals surface area contributed by atoms with E-state index in [-0.39, 0.29) is 5.91 Å². The summed E-state index contributed by atoms with van der Waals surface area (Å²) in [5.74, 6) is 0.495. The Balaban J connectivity index is 2.10. The van der Waals surface area contributed by atoms with Crippen LogP contribution in [0.3, 0.4) is 0 Å². The Hall–Kier alpha value is -1.82. The van der Waals surface area contributed by atoms with Crippen LogP contribution in [0.2, 0.25) is 0 Å². The third-order valence-electron chi connectivity index (χ3n) is 2.97. The Morgan fingerprint density at radius 1 is 1.50 bits per heavy atom. The van der Waals surface area contributed by atoms with Gasteiger partial charge in [-0.2, -0.15) is 5.10 Å². The van der Waals surface area contributed by atoms with Gasteiger partial charge in [0.15, 0.2) is 0 Å². The minimum Gasteiger partial charge on any atom is -0.497 e. The number of carbonyl (C=O) groups is 1. The molecule has 20 heavy (non-hydrogen) atoms. The third kappa shape index (κ3) is 3.19. The van der Waals surface area contributed by atoms with Crippen LogP contribution in [-0.4, -0.2) is 22.8 Å². The van der Waals surface area contributed by atoms with E-state index in [2.05, 4.69) is 26.3 Å². The number of aryl methyl sites for hydroxylation is 2. The van der Waals surface area contributed by atoms with E-state index >= 15 is 0 Å². The molecule has 0 aliphatic rings. The van der Waals surface area contributed by atoms with Gasteiger partial charge in [0.25, 0.3) is 5.91 Å². The number of hydrogen-bond donors (Lipinski definition) is 1. The number of rotatable bonds is 4. The first-order valence-corrected chi connectivity index (χ1v) is 6.91. The molecule has 2 rings (SSSR count). The molecular weight excluding hydrogens is 322 g/mol. The summed E-state index contributed by atoms with van der Waals surface area (Å²) in [5.41, 5.74) is 2.46. The van der Waals surface area contributed by atoms with E-state index in [1.807, 2.05) is 20.2 Å². The summed E-state index contributed by atoms with van der Waals surface area (Å²) in [6, 6.07) is 5.30. The zero-order valence-corrected chi connectivity index (χ0v) is 13.2. The summed E-state index contributed by atoms with van der Waals surface area (Å²) in [7, 11) is 3.43. The maximum atomic E-state index is 12.2. The molecule has 1 aromatic carbocycles. The molecule has 0 aliphatic carbocycles. The molecule has 0 atom stereocenters. The van der Waals surface area contributed by atoms with Crippen molar-refractivity contribution in [2.24, 2.45) is 7.05 Å². The van der Waals surface area contributed by atoms with E-state index in [1.165, 1.54) is 0 Å². The minimum atomic E-state index is -0.154. The van der Waals surface area contributed by atoms with Gasteiger partial charge in [-0.15, -0.1) is 0 Å². The van der Waals surface area contributed by atoms with Gasteiger partial charge in [0, 0.05) is 29.8 Å². The standard InChI is InChI=1S/C14H16BrN3O2/c1-9-10(8-18(2)17-9)7-16-14(19)12-6-11(20-3)4-5-13(12)15/h4-6,8H,7H2,1-3H3,(H,16,19). The zero-order chi connectivity index (χ0) is 14.7. The maximum Gasteiger partial charge on any atom is 0.252 e. The molecule has 0 saturated heterocycles. The molecule has 0 radical (unpaired) electrons. The van der Waals surface area contributed by atoms with E-state index in [0.717, 1.165) is 15.7 Å². The van der Waals surface area contributed by atoms with Crippen LogP contribution in [0.1, 0.15) is 21.6 Å². The van der Waals surface area contributed by atoms with Crippen molar-refractivity contribution in [3.8, 4) is 5.75 Å². The SMILES string of the molecule is COc1ccc(Br)c(C(=O)NCc2cn(C)nc2C)c1. The molecule has 1 N–H and O–H groups in total. The Labute approximate surface area is 126 Å². The van der Waals surface area contributed by atoms with Crippen molar-refractivity contribution in [2.75, 3.05) is 7.11 Å². The number of ether oxygens (including phenoxy) is 1. The van der Waals surface area contributed by atoms with Gasteiger partial charge in [0.1, 0.15) is 5.75 Å². The van der Waals surface area contributed by atoms with Gasteiger partial charge in [-0.1, -0.05) is 0 Å². The minimum absolute atomic E-state index is 0.154. The number of hydrogen-bond acceptors (Lipinski definition) is 3. The lowest BCUT2D eigenvalue weighted by molar-refractivity contribution is 0.0949. The Kier molecular flexibility index (Phi) is 4.44. The fourth-order valence-corrected chi connectivity index (χ4v) is 2.32. The van der Waals surface area contributed by atoms with Crippen molar-refractivity contribution >= 4 is 21.8 Å². The van der Waals surface area contributed by atoms with Crippen molar-refractivity contribution in [1.29, 1.82) is 0 Å². The first-order valence-electron chi connectivity index (χ1n) is 6.12. The summed E-state index contributed by atoms with van der Waals surface area (Å²) in [6.07, 6.45) is 1.90. The number of aromatic nitrogens is 2. The Morgan fingerprint density at radius 2 is 2.25 bits per heavy atom. The number of carbonyl (C=O) groups excluding carboxylic acids is 1. The molecule has 6 heteroatoms. The van der Waals surface area contributed by atoms with Crippen molar-refractivity contribution < 1.29 is 9.53 Å². The third-order valence-corrected chi connectivity index (χ3v) is 3.66. The highest BCUT2D eigenvalue weighted by Crippen LogP contribution is 2.22. The van der Waals surface area contributed by atoms with Crippen LogP contribution in [-0.2, 0) is 13.6 Å². The predicted molar refractivity (Wildman–Crippen MR) is 79.8 cm³/mol. The van der Waals surface area contributed by atoms with Gasteiger partial charge in [-0.3, -0.25) is 9.48 Å². The van der Waals surface area contributed by atoms with Crippen LogP contribution in [0, 0.1) is 6.92 Å². The molecule has 0 saturated carbocycles. The van der Waals surface area contributed by atoms with Crippen LogP contribution < -0.4 is 10.1 Å². The summed E-state index contributed by atoms with van der Waals surface area (Å²) in [6.45, 7) is 2.37. The van der Waals surface area contributed by atoms with E-state index in [1.54, 1.807) is 30.0 Å². The molecule has 1 heterocycles. The average molecular weight is 338 g/mol. The lowest BCUT2D eigenvalue weighted by atomic mass is 10.2. The van der Waals surface area contributed by atoms with Gasteiger partial charge >= 0.3 is 0 Å². The molecule has 2 aromatic rings. The average Bonchev–Trinajstić information content (AvgIpc) is 2.75. The number of amides is 1. The highest BCUT2D eigenvalue weighted by Gasteiger charge is 2.12. The number of benzene rings is 1. The molecule has 0 bridgehead atoms. The van der Waals surface area contributed by atoms with Crippen LogP contribution in [0.15, 0.2) is 28.9 Å². The quantitative estimate of drug-likeness (QED) is 0.932. The fraction of sp³-hybridized carbons (Fsp3) is 0.286. The molecule has 0 fully saturated rings. The first kappa shape index (κ1) is 14.6. The van der Waals surface area contributed by atoms with E-state index in [0.29, 0.717) is 17.9 Å². The van der Waals surface area contributed by atoms with Crippen molar-refractivity contribution in [1.82, 2.24) is 15.1 Å². The molecule has 106 valence electrons. The maximum absolute atomic E-state index is 12.2. The highest BCUT2D eigenvalue weighted by atomic mass is 79.9. The Morgan fingerprint density at radius 3 is 2.85 bits per heavy atom. The van der Waals surface area contributed by atoms with Crippen LogP contribution in [0.5, 0.6) is 5.75 Å². The number of nitrogens with zero attached hydrogens (tertiary/aromatic N) is 2. The normalized spacial score (nSPS) is 10.4. The second kappa shape index (κ2) is 6.09.